The Labute approximate surface area is 77.0 Å². The van der Waals surface area contributed by atoms with E-state index in [1.165, 1.54) is 5.56 Å². The number of rotatable bonds is 1. The standard InChI is InChI=1S/C10H10N2O.H2/c1-6-2-3-8-7(4-6)5-9(12-8)10(11)13;/h2-5,12H,1H3,(H2,11,13);1H. The number of primary amides is 1. The highest BCUT2D eigenvalue weighted by Gasteiger charge is 2.04. The third kappa shape index (κ3) is 1.28. The molecule has 0 atom stereocenters. The van der Waals surface area contributed by atoms with Gasteiger partial charge in [-0.2, -0.15) is 0 Å². The lowest BCUT2D eigenvalue weighted by molar-refractivity contribution is 0.0996. The molecule has 68 valence electrons. The zero-order valence-electron chi connectivity index (χ0n) is 7.29. The Bertz CT molecular complexity index is 476. The van der Waals surface area contributed by atoms with Gasteiger partial charge in [-0.3, -0.25) is 4.79 Å². The van der Waals surface area contributed by atoms with Crippen LogP contribution in [0.15, 0.2) is 24.3 Å². The Hall–Kier alpha value is -1.77. The van der Waals surface area contributed by atoms with Crippen molar-refractivity contribution >= 4 is 16.8 Å². The first-order valence-corrected chi connectivity index (χ1v) is 4.06. The Balaban J connectivity index is 0.000000980. The van der Waals surface area contributed by atoms with Crippen molar-refractivity contribution in [2.24, 2.45) is 5.73 Å². The molecule has 0 saturated heterocycles. The molecule has 0 bridgehead atoms. The first-order chi connectivity index (χ1) is 6.16. The van der Waals surface area contributed by atoms with E-state index >= 15 is 0 Å². The van der Waals surface area contributed by atoms with Crippen LogP contribution in [-0.2, 0) is 0 Å². The van der Waals surface area contributed by atoms with Gasteiger partial charge in [0.25, 0.3) is 5.91 Å². The molecule has 0 aliphatic rings. The van der Waals surface area contributed by atoms with Crippen LogP contribution in [-0.4, -0.2) is 10.9 Å². The maximum atomic E-state index is 10.8. The van der Waals surface area contributed by atoms with E-state index in [0.717, 1.165) is 10.9 Å². The molecule has 1 amide bonds. The monoisotopic (exact) mass is 176 g/mol. The summed E-state index contributed by atoms with van der Waals surface area (Å²) < 4.78 is 0. The minimum Gasteiger partial charge on any atom is -0.364 e. The molecular weight excluding hydrogens is 164 g/mol. The van der Waals surface area contributed by atoms with Crippen LogP contribution in [0.4, 0.5) is 0 Å². The number of aromatic amines is 1. The minimum atomic E-state index is -0.422. The van der Waals surface area contributed by atoms with Gasteiger partial charge in [0.05, 0.1) is 0 Å². The van der Waals surface area contributed by atoms with E-state index in [0.29, 0.717) is 5.69 Å². The van der Waals surface area contributed by atoms with Crippen molar-refractivity contribution in [3.8, 4) is 0 Å². The molecular formula is C10H12N2O. The fraction of sp³-hybridized carbons (Fsp3) is 0.100. The van der Waals surface area contributed by atoms with Crippen LogP contribution < -0.4 is 5.73 Å². The third-order valence-electron chi connectivity index (χ3n) is 2.04. The molecule has 3 heteroatoms. The normalized spacial score (nSPS) is 10.5. The average molecular weight is 176 g/mol. The first kappa shape index (κ1) is 7.86. The molecule has 2 rings (SSSR count). The second kappa shape index (κ2) is 2.62. The number of amides is 1. The number of H-pyrrole nitrogens is 1. The van der Waals surface area contributed by atoms with Gasteiger partial charge < -0.3 is 10.7 Å². The number of benzene rings is 1. The topological polar surface area (TPSA) is 58.9 Å². The molecule has 0 spiro atoms. The van der Waals surface area contributed by atoms with Crippen molar-refractivity contribution in [3.63, 3.8) is 0 Å². The second-order valence-electron chi connectivity index (χ2n) is 3.14. The highest BCUT2D eigenvalue weighted by atomic mass is 16.1. The van der Waals surface area contributed by atoms with E-state index in [2.05, 4.69) is 4.98 Å². The van der Waals surface area contributed by atoms with Gasteiger partial charge >= 0.3 is 0 Å². The molecule has 13 heavy (non-hydrogen) atoms. The summed E-state index contributed by atoms with van der Waals surface area (Å²) in [6, 6.07) is 7.71. The highest BCUT2D eigenvalue weighted by molar-refractivity contribution is 5.97. The van der Waals surface area contributed by atoms with Crippen LogP contribution in [0.2, 0.25) is 0 Å². The minimum absolute atomic E-state index is 0. The summed E-state index contributed by atoms with van der Waals surface area (Å²) in [6.07, 6.45) is 0. The fourth-order valence-corrected chi connectivity index (χ4v) is 1.38. The van der Waals surface area contributed by atoms with Gasteiger partial charge in [-0.25, -0.2) is 0 Å². The van der Waals surface area contributed by atoms with Crippen molar-refractivity contribution in [1.82, 2.24) is 4.98 Å². The average Bonchev–Trinajstić information content (AvgIpc) is 2.46. The molecule has 1 heterocycles. The van der Waals surface area contributed by atoms with Gasteiger partial charge in [0.1, 0.15) is 5.69 Å². The highest BCUT2D eigenvalue weighted by Crippen LogP contribution is 2.16. The smallest absolute Gasteiger partial charge is 0.265 e. The number of carbonyl (C=O) groups excluding carboxylic acids is 1. The van der Waals surface area contributed by atoms with Gasteiger partial charge in [-0.05, 0) is 25.1 Å². The maximum Gasteiger partial charge on any atom is 0.265 e. The summed E-state index contributed by atoms with van der Waals surface area (Å²) in [5.41, 5.74) is 7.72. The van der Waals surface area contributed by atoms with Crippen LogP contribution in [0.3, 0.4) is 0 Å². The number of nitrogens with one attached hydrogen (secondary N) is 1. The molecule has 3 nitrogen and oxygen atoms in total. The van der Waals surface area contributed by atoms with E-state index in [9.17, 15) is 4.79 Å². The quantitative estimate of drug-likeness (QED) is 0.684. The fourth-order valence-electron chi connectivity index (χ4n) is 1.38. The van der Waals surface area contributed by atoms with Crippen LogP contribution in [0.25, 0.3) is 10.9 Å². The lowest BCUT2D eigenvalue weighted by Crippen LogP contribution is -2.10. The summed E-state index contributed by atoms with van der Waals surface area (Å²) in [6.45, 7) is 2.01. The van der Waals surface area contributed by atoms with Gasteiger partial charge in [0.2, 0.25) is 0 Å². The molecule has 0 aliphatic heterocycles. The molecule has 3 N–H and O–H groups in total. The Morgan fingerprint density at radius 2 is 2.23 bits per heavy atom. The Morgan fingerprint density at radius 1 is 1.46 bits per heavy atom. The summed E-state index contributed by atoms with van der Waals surface area (Å²) in [7, 11) is 0. The van der Waals surface area contributed by atoms with Crippen molar-refractivity contribution in [2.45, 2.75) is 6.92 Å². The molecule has 2 aromatic rings. The van der Waals surface area contributed by atoms with Gasteiger partial charge in [0.15, 0.2) is 0 Å². The van der Waals surface area contributed by atoms with E-state index in [1.807, 2.05) is 25.1 Å². The van der Waals surface area contributed by atoms with Crippen molar-refractivity contribution in [1.29, 1.82) is 0 Å². The van der Waals surface area contributed by atoms with Crippen LogP contribution >= 0.6 is 0 Å². The first-order valence-electron chi connectivity index (χ1n) is 4.06. The van der Waals surface area contributed by atoms with Gasteiger partial charge in [-0.1, -0.05) is 11.6 Å². The zero-order valence-corrected chi connectivity index (χ0v) is 7.29. The molecule has 1 aromatic carbocycles. The van der Waals surface area contributed by atoms with Gasteiger partial charge in [-0.15, -0.1) is 0 Å². The molecule has 0 fully saturated rings. The van der Waals surface area contributed by atoms with E-state index in [-0.39, 0.29) is 1.43 Å². The number of fused-ring (bicyclic) bond motifs is 1. The number of carbonyl (C=O) groups is 1. The third-order valence-corrected chi connectivity index (χ3v) is 2.04. The van der Waals surface area contributed by atoms with Crippen molar-refractivity contribution < 1.29 is 6.22 Å². The molecule has 0 unspecified atom stereocenters. The van der Waals surface area contributed by atoms with Crippen LogP contribution in [0.5, 0.6) is 0 Å². The summed E-state index contributed by atoms with van der Waals surface area (Å²) in [4.78, 5) is 13.8. The van der Waals surface area contributed by atoms with Crippen molar-refractivity contribution in [3.05, 3.63) is 35.5 Å². The number of aromatic nitrogens is 1. The van der Waals surface area contributed by atoms with Gasteiger partial charge in [0, 0.05) is 12.3 Å². The molecule has 1 aromatic heterocycles. The lowest BCUT2D eigenvalue weighted by Gasteiger charge is -1.90. The van der Waals surface area contributed by atoms with Crippen LogP contribution in [0, 0.1) is 6.92 Å². The summed E-state index contributed by atoms with van der Waals surface area (Å²) in [5, 5.41) is 1.02. The largest absolute Gasteiger partial charge is 0.364 e. The summed E-state index contributed by atoms with van der Waals surface area (Å²) in [5.74, 6) is -0.422. The molecule has 0 saturated carbocycles. The number of aryl methyl sites for hydroxylation is 1. The SMILES string of the molecule is Cc1ccc2[nH]c(C(N)=O)cc2c1.[HH]. The van der Waals surface area contributed by atoms with Crippen LogP contribution in [0.1, 0.15) is 17.5 Å². The Kier molecular flexibility index (Phi) is 1.59. The molecule has 0 aliphatic carbocycles. The number of hydrogen-bond acceptors (Lipinski definition) is 1. The number of nitrogens with two attached hydrogens (primary N) is 1. The van der Waals surface area contributed by atoms with E-state index in [4.69, 9.17) is 5.73 Å². The van der Waals surface area contributed by atoms with Crippen molar-refractivity contribution in [2.75, 3.05) is 0 Å². The lowest BCUT2D eigenvalue weighted by atomic mass is 10.2. The number of hydrogen-bond donors (Lipinski definition) is 2. The van der Waals surface area contributed by atoms with E-state index in [1.54, 1.807) is 6.07 Å². The zero-order chi connectivity index (χ0) is 9.42. The Morgan fingerprint density at radius 3 is 2.92 bits per heavy atom. The van der Waals surface area contributed by atoms with E-state index < -0.39 is 5.91 Å². The predicted octanol–water partition coefficient (Wildman–Crippen LogP) is 1.82. The maximum absolute atomic E-state index is 10.8. The predicted molar refractivity (Wildman–Crippen MR) is 53.7 cm³/mol. The second-order valence-corrected chi connectivity index (χ2v) is 3.14. The molecule has 0 radical (unpaired) electrons. The summed E-state index contributed by atoms with van der Waals surface area (Å²) >= 11 is 0.